The first-order chi connectivity index (χ1) is 12.8. The third-order valence-corrected chi connectivity index (χ3v) is 5.42. The number of anilines is 2. The molecule has 3 rings (SSSR count). The second kappa shape index (κ2) is 7.43. The van der Waals surface area contributed by atoms with Crippen LogP contribution in [0.5, 0.6) is 0 Å². The van der Waals surface area contributed by atoms with Gasteiger partial charge in [-0.25, -0.2) is 10.2 Å². The maximum atomic E-state index is 11.9. The maximum Gasteiger partial charge on any atom is 0.339 e. The van der Waals surface area contributed by atoms with Gasteiger partial charge in [0.05, 0.1) is 6.21 Å². The van der Waals surface area contributed by atoms with Gasteiger partial charge in [-0.2, -0.15) is 5.10 Å². The lowest BCUT2D eigenvalue weighted by molar-refractivity contribution is 0.252. The van der Waals surface area contributed by atoms with Gasteiger partial charge in [0, 0.05) is 24.0 Å². The molecule has 1 heterocycles. The van der Waals surface area contributed by atoms with Crippen LogP contribution in [0.2, 0.25) is 0 Å². The van der Waals surface area contributed by atoms with Crippen molar-refractivity contribution in [1.82, 2.24) is 5.43 Å². The van der Waals surface area contributed by atoms with Gasteiger partial charge < -0.3 is 10.2 Å². The van der Waals surface area contributed by atoms with Crippen LogP contribution in [-0.2, 0) is 0 Å². The molecule has 5 nitrogen and oxygen atoms in total. The maximum absolute atomic E-state index is 11.9. The number of hydrazone groups is 1. The summed E-state index contributed by atoms with van der Waals surface area (Å²) in [6, 6.07) is 13.4. The first-order valence-electron chi connectivity index (χ1n) is 9.31. The summed E-state index contributed by atoms with van der Waals surface area (Å²) in [4.78, 5) is 14.3. The Kier molecular flexibility index (Phi) is 5.22. The van der Waals surface area contributed by atoms with E-state index in [4.69, 9.17) is 0 Å². The van der Waals surface area contributed by atoms with Gasteiger partial charge in [0.15, 0.2) is 0 Å². The normalized spacial score (nSPS) is 18.3. The van der Waals surface area contributed by atoms with E-state index in [1.54, 1.807) is 6.21 Å². The fraction of sp³-hybridized carbons (Fsp3) is 0.364. The molecule has 0 saturated heterocycles. The Morgan fingerprint density at radius 3 is 2.67 bits per heavy atom. The number of nitrogens with one attached hydrogen (secondary N) is 2. The van der Waals surface area contributed by atoms with Crippen LogP contribution < -0.4 is 15.6 Å². The average molecular weight is 364 g/mol. The zero-order valence-corrected chi connectivity index (χ0v) is 16.7. The van der Waals surface area contributed by atoms with Gasteiger partial charge in [0.1, 0.15) is 0 Å². The lowest BCUT2D eigenvalue weighted by Gasteiger charge is -2.45. The number of hydrogen-bond acceptors (Lipinski definition) is 3. The van der Waals surface area contributed by atoms with Crippen molar-refractivity contribution >= 4 is 23.6 Å². The molecule has 0 spiro atoms. The number of carbonyl (C=O) groups excluding carboxylic acids is 1. The summed E-state index contributed by atoms with van der Waals surface area (Å²) in [6.45, 7) is 8.92. The molecule has 142 valence electrons. The van der Waals surface area contributed by atoms with E-state index < -0.39 is 0 Å². The SMILES string of the molecule is Cc1cc2c(cc1/C=N\NC(=O)Nc1ccccc1)C(C)CC(C)(C)N2C. The summed E-state index contributed by atoms with van der Waals surface area (Å²) in [6.07, 6.45) is 2.82. The highest BCUT2D eigenvalue weighted by molar-refractivity contribution is 5.90. The minimum atomic E-state index is -0.358. The quantitative estimate of drug-likeness (QED) is 0.603. The van der Waals surface area contributed by atoms with E-state index in [0.717, 1.165) is 23.2 Å². The van der Waals surface area contributed by atoms with Crippen LogP contribution in [0.3, 0.4) is 0 Å². The number of hydrogen-bond donors (Lipinski definition) is 2. The first-order valence-corrected chi connectivity index (χ1v) is 9.31. The highest BCUT2D eigenvalue weighted by atomic mass is 16.2. The van der Waals surface area contributed by atoms with E-state index >= 15 is 0 Å². The van der Waals surface area contributed by atoms with Crippen molar-refractivity contribution in [3.8, 4) is 0 Å². The van der Waals surface area contributed by atoms with Crippen molar-refractivity contribution in [3.63, 3.8) is 0 Å². The number of urea groups is 1. The third kappa shape index (κ3) is 4.13. The molecule has 2 aromatic carbocycles. The van der Waals surface area contributed by atoms with Crippen molar-refractivity contribution in [3.05, 3.63) is 59.2 Å². The number of fused-ring (bicyclic) bond motifs is 1. The van der Waals surface area contributed by atoms with Crippen LogP contribution >= 0.6 is 0 Å². The predicted molar refractivity (Wildman–Crippen MR) is 113 cm³/mol. The van der Waals surface area contributed by atoms with Crippen LogP contribution in [0.15, 0.2) is 47.6 Å². The fourth-order valence-corrected chi connectivity index (χ4v) is 3.71. The molecule has 0 aromatic heterocycles. The minimum absolute atomic E-state index is 0.144. The second-order valence-corrected chi connectivity index (χ2v) is 7.93. The Bertz CT molecular complexity index is 858. The fourth-order valence-electron chi connectivity index (χ4n) is 3.71. The average Bonchev–Trinajstić information content (AvgIpc) is 2.61. The van der Waals surface area contributed by atoms with E-state index in [9.17, 15) is 4.79 Å². The first kappa shape index (κ1) is 19.0. The Morgan fingerprint density at radius 1 is 1.26 bits per heavy atom. The molecular weight excluding hydrogens is 336 g/mol. The van der Waals surface area contributed by atoms with Crippen LogP contribution in [0, 0.1) is 6.92 Å². The standard InChI is InChI=1S/C22H28N4O/c1-15-11-20-19(16(2)13-22(3,4)26(20)5)12-17(15)14-23-25-21(27)24-18-9-7-6-8-10-18/h6-12,14,16H,13H2,1-5H3,(H2,24,25,27)/b23-14-. The molecule has 0 bridgehead atoms. The smallest absolute Gasteiger partial charge is 0.339 e. The summed E-state index contributed by atoms with van der Waals surface area (Å²) in [5.74, 6) is 0.480. The van der Waals surface area contributed by atoms with Gasteiger partial charge in [-0.1, -0.05) is 25.1 Å². The number of amides is 2. The van der Waals surface area contributed by atoms with Gasteiger partial charge >= 0.3 is 6.03 Å². The van der Waals surface area contributed by atoms with Gasteiger partial charge in [0.2, 0.25) is 0 Å². The van der Waals surface area contributed by atoms with Gasteiger partial charge in [-0.15, -0.1) is 0 Å². The van der Waals surface area contributed by atoms with Crippen molar-refractivity contribution in [1.29, 1.82) is 0 Å². The number of aryl methyl sites for hydroxylation is 1. The van der Waals surface area contributed by atoms with Gasteiger partial charge in [-0.3, -0.25) is 0 Å². The van der Waals surface area contributed by atoms with Gasteiger partial charge in [0.25, 0.3) is 0 Å². The molecule has 2 aromatic rings. The molecule has 1 aliphatic heterocycles. The van der Waals surface area contributed by atoms with Crippen molar-refractivity contribution in [2.75, 3.05) is 17.3 Å². The number of para-hydroxylation sites is 1. The van der Waals surface area contributed by atoms with Crippen LogP contribution in [0.1, 0.15) is 49.8 Å². The van der Waals surface area contributed by atoms with E-state index in [2.05, 4.69) is 67.6 Å². The Morgan fingerprint density at radius 2 is 1.96 bits per heavy atom. The highest BCUT2D eigenvalue weighted by Crippen LogP contribution is 2.43. The summed E-state index contributed by atoms with van der Waals surface area (Å²) < 4.78 is 0. The Labute approximate surface area is 161 Å². The lowest BCUT2D eigenvalue weighted by Crippen LogP contribution is -2.45. The van der Waals surface area contributed by atoms with Crippen LogP contribution in [0.4, 0.5) is 16.2 Å². The number of nitrogens with zero attached hydrogens (tertiary/aromatic N) is 2. The zero-order valence-electron chi connectivity index (χ0n) is 16.7. The van der Waals surface area contributed by atoms with Crippen LogP contribution in [0.25, 0.3) is 0 Å². The molecule has 1 unspecified atom stereocenters. The number of rotatable bonds is 3. The van der Waals surface area contributed by atoms with E-state index in [1.807, 2.05) is 30.3 Å². The summed E-state index contributed by atoms with van der Waals surface area (Å²) in [5, 5.41) is 6.86. The molecule has 0 fully saturated rings. The largest absolute Gasteiger partial charge is 0.369 e. The van der Waals surface area contributed by atoms with Gasteiger partial charge in [-0.05, 0) is 74.1 Å². The molecule has 1 aliphatic rings. The molecule has 2 amide bonds. The Hall–Kier alpha value is -2.82. The van der Waals surface area contributed by atoms with Crippen molar-refractivity contribution in [2.24, 2.45) is 5.10 Å². The summed E-state index contributed by atoms with van der Waals surface area (Å²) in [5.41, 5.74) is 8.18. The van der Waals surface area contributed by atoms with Crippen molar-refractivity contribution < 1.29 is 4.79 Å². The molecule has 0 radical (unpaired) electrons. The molecular formula is C22H28N4O. The number of benzene rings is 2. The van der Waals surface area contributed by atoms with E-state index in [0.29, 0.717) is 5.92 Å². The Balaban J connectivity index is 1.73. The molecule has 0 aliphatic carbocycles. The molecule has 5 heteroatoms. The molecule has 1 atom stereocenters. The second-order valence-electron chi connectivity index (χ2n) is 7.93. The molecule has 2 N–H and O–H groups in total. The molecule has 0 saturated carbocycles. The zero-order chi connectivity index (χ0) is 19.6. The highest BCUT2D eigenvalue weighted by Gasteiger charge is 2.34. The van der Waals surface area contributed by atoms with E-state index in [-0.39, 0.29) is 11.6 Å². The summed E-state index contributed by atoms with van der Waals surface area (Å²) in [7, 11) is 2.16. The molecule has 27 heavy (non-hydrogen) atoms. The monoisotopic (exact) mass is 364 g/mol. The minimum Gasteiger partial charge on any atom is -0.369 e. The van der Waals surface area contributed by atoms with E-state index in [1.165, 1.54) is 11.3 Å². The number of carbonyl (C=O) groups is 1. The predicted octanol–water partition coefficient (Wildman–Crippen LogP) is 4.87. The summed E-state index contributed by atoms with van der Waals surface area (Å²) >= 11 is 0. The lowest BCUT2D eigenvalue weighted by atomic mass is 9.79. The van der Waals surface area contributed by atoms with Crippen molar-refractivity contribution in [2.45, 2.75) is 45.6 Å². The third-order valence-electron chi connectivity index (χ3n) is 5.42. The van der Waals surface area contributed by atoms with Crippen LogP contribution in [-0.4, -0.2) is 24.8 Å². The topological polar surface area (TPSA) is 56.7 Å².